The first kappa shape index (κ1) is 18.4. The third-order valence-corrected chi connectivity index (χ3v) is 5.45. The van der Waals surface area contributed by atoms with Gasteiger partial charge in [-0.3, -0.25) is 0 Å². The number of nitrogens with zero attached hydrogens (tertiary/aromatic N) is 1. The average molecular weight is 389 g/mol. The van der Waals surface area contributed by atoms with E-state index in [1.54, 1.807) is 12.1 Å². The molecule has 0 aliphatic rings. The fourth-order valence-corrected chi connectivity index (χ4v) is 3.96. The average Bonchev–Trinajstić information content (AvgIpc) is 2.80. The van der Waals surface area contributed by atoms with Gasteiger partial charge in [0.15, 0.2) is 0 Å². The van der Waals surface area contributed by atoms with E-state index in [-0.39, 0.29) is 0 Å². The maximum Gasteiger partial charge on any atom is 0.488 e. The van der Waals surface area contributed by atoms with Crippen LogP contribution in [0.25, 0.3) is 21.5 Å². The molecule has 0 heterocycles. The van der Waals surface area contributed by atoms with Gasteiger partial charge in [-0.25, -0.2) is 0 Å². The Bertz CT molecular complexity index is 1320. The lowest BCUT2D eigenvalue weighted by Crippen LogP contribution is -2.29. The lowest BCUT2D eigenvalue weighted by Gasteiger charge is -2.26. The Morgan fingerprint density at radius 2 is 1.10 bits per heavy atom. The van der Waals surface area contributed by atoms with E-state index in [1.807, 2.05) is 30.3 Å². The van der Waals surface area contributed by atoms with Gasteiger partial charge in [-0.2, -0.15) is 0 Å². The molecule has 0 radical (unpaired) electrons. The molecule has 30 heavy (non-hydrogen) atoms. The Morgan fingerprint density at radius 1 is 0.500 bits per heavy atom. The molecule has 0 saturated heterocycles. The maximum atomic E-state index is 9.43. The van der Waals surface area contributed by atoms with Gasteiger partial charge in [0.05, 0.1) is 0 Å². The molecule has 0 aliphatic carbocycles. The summed E-state index contributed by atoms with van der Waals surface area (Å²) in [5.74, 6) is 0. The molecular formula is C26H20BNO2. The van der Waals surface area contributed by atoms with E-state index < -0.39 is 7.12 Å². The molecule has 144 valence electrons. The van der Waals surface area contributed by atoms with E-state index in [0.29, 0.717) is 5.46 Å². The van der Waals surface area contributed by atoms with Crippen LogP contribution in [0, 0.1) is 0 Å². The van der Waals surface area contributed by atoms with E-state index in [4.69, 9.17) is 0 Å². The molecule has 0 spiro atoms. The highest BCUT2D eigenvalue weighted by Gasteiger charge is 2.15. The predicted octanol–water partition coefficient (Wildman–Crippen LogP) is 5.14. The van der Waals surface area contributed by atoms with Crippen LogP contribution in [0.2, 0.25) is 0 Å². The Balaban J connectivity index is 1.67. The summed E-state index contributed by atoms with van der Waals surface area (Å²) in [7, 11) is -1.47. The third kappa shape index (κ3) is 3.33. The molecule has 0 aromatic heterocycles. The number of benzene rings is 5. The summed E-state index contributed by atoms with van der Waals surface area (Å²) < 4.78 is 0. The van der Waals surface area contributed by atoms with Crippen molar-refractivity contribution < 1.29 is 10.0 Å². The molecule has 5 aromatic carbocycles. The Kier molecular flexibility index (Phi) is 4.72. The molecule has 5 aromatic rings. The molecule has 0 unspecified atom stereocenters. The van der Waals surface area contributed by atoms with Crippen molar-refractivity contribution >= 4 is 51.2 Å². The van der Waals surface area contributed by atoms with Gasteiger partial charge in [0, 0.05) is 17.1 Å². The molecule has 2 N–H and O–H groups in total. The second-order valence-electron chi connectivity index (χ2n) is 7.33. The summed E-state index contributed by atoms with van der Waals surface area (Å²) in [6, 6.07) is 36.7. The van der Waals surface area contributed by atoms with Crippen LogP contribution in [-0.4, -0.2) is 17.2 Å². The van der Waals surface area contributed by atoms with Crippen LogP contribution in [0.4, 0.5) is 17.1 Å². The molecule has 0 fully saturated rings. The lowest BCUT2D eigenvalue weighted by atomic mass is 9.80. The first-order valence-corrected chi connectivity index (χ1v) is 9.93. The third-order valence-electron chi connectivity index (χ3n) is 5.45. The van der Waals surface area contributed by atoms with Crippen molar-refractivity contribution in [2.45, 2.75) is 0 Å². The molecule has 0 atom stereocenters. The molecule has 0 aliphatic heterocycles. The standard InChI is InChI=1S/C26H20BNO2/c29-27(30)21-12-14-23(15-13-21)28(22-7-2-1-3-8-22)24-16-17-26-20(18-24)11-10-19-6-4-5-9-25(19)26/h1-18,29-30H. The van der Waals surface area contributed by atoms with E-state index in [9.17, 15) is 10.0 Å². The minimum Gasteiger partial charge on any atom is -0.423 e. The van der Waals surface area contributed by atoms with Crippen LogP contribution in [0.5, 0.6) is 0 Å². The topological polar surface area (TPSA) is 43.7 Å². The van der Waals surface area contributed by atoms with E-state index in [1.165, 1.54) is 21.5 Å². The fourth-order valence-electron chi connectivity index (χ4n) is 3.96. The number of anilines is 3. The van der Waals surface area contributed by atoms with Gasteiger partial charge in [-0.05, 0) is 63.4 Å². The van der Waals surface area contributed by atoms with Crippen molar-refractivity contribution in [3.8, 4) is 0 Å². The van der Waals surface area contributed by atoms with Gasteiger partial charge < -0.3 is 14.9 Å². The van der Waals surface area contributed by atoms with Crippen LogP contribution < -0.4 is 10.4 Å². The Hall–Kier alpha value is -3.60. The second kappa shape index (κ2) is 7.67. The minimum absolute atomic E-state index is 0.469. The Labute approximate surface area is 175 Å². The van der Waals surface area contributed by atoms with Gasteiger partial charge in [-0.15, -0.1) is 0 Å². The van der Waals surface area contributed by atoms with Crippen molar-refractivity contribution in [3.63, 3.8) is 0 Å². The highest BCUT2D eigenvalue weighted by atomic mass is 16.4. The van der Waals surface area contributed by atoms with Crippen molar-refractivity contribution in [1.29, 1.82) is 0 Å². The monoisotopic (exact) mass is 389 g/mol. The van der Waals surface area contributed by atoms with Gasteiger partial charge >= 0.3 is 7.12 Å². The minimum atomic E-state index is -1.47. The van der Waals surface area contributed by atoms with Gasteiger partial charge in [0.1, 0.15) is 0 Å². The van der Waals surface area contributed by atoms with Crippen molar-refractivity contribution in [2.24, 2.45) is 0 Å². The normalized spacial score (nSPS) is 11.0. The summed E-state index contributed by atoms with van der Waals surface area (Å²) >= 11 is 0. The summed E-state index contributed by atoms with van der Waals surface area (Å²) in [6.45, 7) is 0. The molecule has 0 saturated carbocycles. The summed E-state index contributed by atoms with van der Waals surface area (Å²) in [4.78, 5) is 2.17. The number of rotatable bonds is 4. The predicted molar refractivity (Wildman–Crippen MR) is 126 cm³/mol. The Morgan fingerprint density at radius 3 is 1.87 bits per heavy atom. The van der Waals surface area contributed by atoms with Crippen molar-refractivity contribution in [3.05, 3.63) is 109 Å². The lowest BCUT2D eigenvalue weighted by molar-refractivity contribution is 0.426. The second-order valence-corrected chi connectivity index (χ2v) is 7.33. The van der Waals surface area contributed by atoms with Crippen LogP contribution in [0.15, 0.2) is 109 Å². The number of hydrogen-bond donors (Lipinski definition) is 2. The largest absolute Gasteiger partial charge is 0.488 e. The number of para-hydroxylation sites is 1. The smallest absolute Gasteiger partial charge is 0.423 e. The highest BCUT2D eigenvalue weighted by molar-refractivity contribution is 6.58. The zero-order valence-corrected chi connectivity index (χ0v) is 16.3. The number of hydrogen-bond acceptors (Lipinski definition) is 3. The first-order valence-electron chi connectivity index (χ1n) is 9.93. The maximum absolute atomic E-state index is 9.43. The summed E-state index contributed by atoms with van der Waals surface area (Å²) in [5, 5.41) is 23.7. The zero-order valence-electron chi connectivity index (χ0n) is 16.3. The van der Waals surface area contributed by atoms with Crippen LogP contribution in [-0.2, 0) is 0 Å². The highest BCUT2D eigenvalue weighted by Crippen LogP contribution is 2.36. The van der Waals surface area contributed by atoms with Gasteiger partial charge in [0.2, 0.25) is 0 Å². The fraction of sp³-hybridized carbons (Fsp3) is 0. The van der Waals surface area contributed by atoms with Gasteiger partial charge in [-0.1, -0.05) is 72.8 Å². The molecule has 0 bridgehead atoms. The van der Waals surface area contributed by atoms with Crippen LogP contribution in [0.3, 0.4) is 0 Å². The van der Waals surface area contributed by atoms with E-state index in [0.717, 1.165) is 17.1 Å². The number of fused-ring (bicyclic) bond motifs is 3. The quantitative estimate of drug-likeness (QED) is 0.330. The molecular weight excluding hydrogens is 369 g/mol. The summed E-state index contributed by atoms with van der Waals surface area (Å²) in [6.07, 6.45) is 0. The SMILES string of the molecule is OB(O)c1ccc(N(c2ccccc2)c2ccc3c(ccc4ccccc43)c2)cc1. The molecule has 4 heteroatoms. The van der Waals surface area contributed by atoms with Crippen molar-refractivity contribution in [2.75, 3.05) is 4.90 Å². The van der Waals surface area contributed by atoms with E-state index >= 15 is 0 Å². The van der Waals surface area contributed by atoms with Crippen molar-refractivity contribution in [1.82, 2.24) is 0 Å². The summed E-state index contributed by atoms with van der Waals surface area (Å²) in [5.41, 5.74) is 3.50. The zero-order chi connectivity index (χ0) is 20.5. The molecule has 3 nitrogen and oxygen atoms in total. The molecule has 0 amide bonds. The first-order chi connectivity index (χ1) is 14.7. The molecule has 5 rings (SSSR count). The van der Waals surface area contributed by atoms with Gasteiger partial charge in [0.25, 0.3) is 0 Å². The van der Waals surface area contributed by atoms with E-state index in [2.05, 4.69) is 71.6 Å². The van der Waals surface area contributed by atoms with Crippen LogP contribution in [0.1, 0.15) is 0 Å². The van der Waals surface area contributed by atoms with Crippen LogP contribution >= 0.6 is 0 Å².